The lowest BCUT2D eigenvalue weighted by atomic mass is 10.1. The number of rotatable bonds is 9. The number of nitrogens with zero attached hydrogens (tertiary/aromatic N) is 3. The average molecular weight is 516 g/mol. The van der Waals surface area contributed by atoms with E-state index in [1.807, 2.05) is 6.07 Å². The highest BCUT2D eigenvalue weighted by atomic mass is 32.2. The Hall–Kier alpha value is -3.77. The Kier molecular flexibility index (Phi) is 7.96. The molecule has 3 aromatic rings. The molecule has 0 bridgehead atoms. The summed E-state index contributed by atoms with van der Waals surface area (Å²) in [5.41, 5.74) is 2.50. The molecule has 1 aliphatic rings. The molecule has 190 valence electrons. The van der Waals surface area contributed by atoms with E-state index < -0.39 is 21.7 Å². The fraction of sp³-hybridized carbons (Fsp3) is 0.292. The summed E-state index contributed by atoms with van der Waals surface area (Å²) in [6.07, 6.45) is 2.04. The molecule has 0 spiro atoms. The molecule has 0 saturated carbocycles. The predicted molar refractivity (Wildman–Crippen MR) is 132 cm³/mol. The number of anilines is 2. The monoisotopic (exact) mass is 515 g/mol. The Bertz CT molecular complexity index is 1300. The normalized spacial score (nSPS) is 13.9. The summed E-state index contributed by atoms with van der Waals surface area (Å²) in [7, 11) is -3.74. The molecule has 1 aromatic heterocycles. The number of halogens is 1. The van der Waals surface area contributed by atoms with Crippen molar-refractivity contribution >= 4 is 27.6 Å². The molecule has 12 heteroatoms. The van der Waals surface area contributed by atoms with Crippen LogP contribution in [-0.2, 0) is 20.3 Å². The molecule has 1 aliphatic heterocycles. The quantitative estimate of drug-likeness (QED) is 0.368. The number of hydrogen-bond acceptors (Lipinski definition) is 8. The Balaban J connectivity index is 1.61. The van der Waals surface area contributed by atoms with Gasteiger partial charge in [-0.25, -0.2) is 27.6 Å². The van der Waals surface area contributed by atoms with Gasteiger partial charge in [0, 0.05) is 49.8 Å². The van der Waals surface area contributed by atoms with Gasteiger partial charge >= 0.3 is 6.09 Å². The Morgan fingerprint density at radius 1 is 1.03 bits per heavy atom. The highest BCUT2D eigenvalue weighted by Crippen LogP contribution is 2.30. The summed E-state index contributed by atoms with van der Waals surface area (Å²) < 4.78 is 45.4. The van der Waals surface area contributed by atoms with Crippen molar-refractivity contribution in [3.05, 3.63) is 66.2 Å². The lowest BCUT2D eigenvalue weighted by molar-refractivity contribution is 0.122. The first-order valence-electron chi connectivity index (χ1n) is 11.3. The van der Waals surface area contributed by atoms with Crippen molar-refractivity contribution in [2.75, 3.05) is 49.6 Å². The van der Waals surface area contributed by atoms with Crippen LogP contribution in [0.15, 0.2) is 59.8 Å². The van der Waals surface area contributed by atoms with Crippen LogP contribution in [0.4, 0.5) is 20.8 Å². The van der Waals surface area contributed by atoms with Crippen LogP contribution in [0.5, 0.6) is 0 Å². The first-order valence-corrected chi connectivity index (χ1v) is 12.9. The third kappa shape index (κ3) is 6.67. The number of amides is 1. The van der Waals surface area contributed by atoms with Crippen molar-refractivity contribution in [1.29, 1.82) is 0 Å². The molecule has 1 fully saturated rings. The SMILES string of the molecule is O=C(O)NCCNc1ncc(-c2cc(N3CCOCC3)cc(S(=O)(=O)Cc3ccc(F)cc3)c2)cn1. The lowest BCUT2D eigenvalue weighted by Gasteiger charge is -2.29. The van der Waals surface area contributed by atoms with Gasteiger partial charge in [-0.2, -0.15) is 0 Å². The molecule has 4 rings (SSSR count). The fourth-order valence-corrected chi connectivity index (χ4v) is 5.13. The summed E-state index contributed by atoms with van der Waals surface area (Å²) >= 11 is 0. The van der Waals surface area contributed by atoms with E-state index >= 15 is 0 Å². The average Bonchev–Trinajstić information content (AvgIpc) is 2.88. The number of carboxylic acid groups (broad SMARTS) is 1. The van der Waals surface area contributed by atoms with E-state index in [-0.39, 0.29) is 17.2 Å². The molecule has 0 radical (unpaired) electrons. The van der Waals surface area contributed by atoms with Crippen LogP contribution in [0.1, 0.15) is 5.56 Å². The molecule has 2 heterocycles. The van der Waals surface area contributed by atoms with Crippen molar-refractivity contribution in [2.45, 2.75) is 10.6 Å². The molecular weight excluding hydrogens is 489 g/mol. The van der Waals surface area contributed by atoms with Gasteiger partial charge in [0.25, 0.3) is 0 Å². The summed E-state index contributed by atoms with van der Waals surface area (Å²) in [4.78, 5) is 21.3. The van der Waals surface area contributed by atoms with E-state index in [0.717, 1.165) is 5.69 Å². The minimum absolute atomic E-state index is 0.146. The van der Waals surface area contributed by atoms with E-state index in [1.54, 1.807) is 24.5 Å². The molecule has 0 unspecified atom stereocenters. The Labute approximate surface area is 208 Å². The van der Waals surface area contributed by atoms with E-state index in [2.05, 4.69) is 25.5 Å². The number of sulfone groups is 1. The van der Waals surface area contributed by atoms with Crippen LogP contribution in [-0.4, -0.2) is 69.0 Å². The number of nitrogens with one attached hydrogen (secondary N) is 2. The van der Waals surface area contributed by atoms with Gasteiger partial charge in [-0.3, -0.25) is 0 Å². The summed E-state index contributed by atoms with van der Waals surface area (Å²) in [5, 5.41) is 13.8. The van der Waals surface area contributed by atoms with Gasteiger partial charge in [0.1, 0.15) is 5.82 Å². The zero-order valence-electron chi connectivity index (χ0n) is 19.4. The molecule has 1 amide bonds. The van der Waals surface area contributed by atoms with Gasteiger partial charge in [0.15, 0.2) is 9.84 Å². The minimum atomic E-state index is -3.74. The summed E-state index contributed by atoms with van der Waals surface area (Å²) in [6.45, 7) is 2.85. The third-order valence-electron chi connectivity index (χ3n) is 5.57. The maximum atomic E-state index is 13.3. The van der Waals surface area contributed by atoms with Crippen molar-refractivity contribution in [2.24, 2.45) is 0 Å². The van der Waals surface area contributed by atoms with E-state index in [9.17, 15) is 17.6 Å². The maximum absolute atomic E-state index is 13.3. The molecule has 1 saturated heterocycles. The van der Waals surface area contributed by atoms with E-state index in [1.165, 1.54) is 24.3 Å². The number of benzene rings is 2. The van der Waals surface area contributed by atoms with Crippen molar-refractivity contribution in [3.8, 4) is 11.1 Å². The standard InChI is InChI=1S/C24H26FN5O5S/c25-20-3-1-17(2-4-20)16-36(33,34)22-12-18(11-21(13-22)30-7-9-35-10-8-30)19-14-28-23(29-15-19)26-5-6-27-24(31)32/h1-4,11-15,27H,5-10,16H2,(H,31,32)(H,26,28,29). The first-order chi connectivity index (χ1) is 17.3. The number of carbonyl (C=O) groups is 1. The van der Waals surface area contributed by atoms with Crippen LogP contribution in [0, 0.1) is 5.82 Å². The largest absolute Gasteiger partial charge is 0.465 e. The van der Waals surface area contributed by atoms with Crippen LogP contribution in [0.2, 0.25) is 0 Å². The maximum Gasteiger partial charge on any atom is 0.404 e. The first kappa shape index (κ1) is 25.3. The molecule has 10 nitrogen and oxygen atoms in total. The van der Waals surface area contributed by atoms with Crippen LogP contribution in [0.25, 0.3) is 11.1 Å². The van der Waals surface area contributed by atoms with Gasteiger partial charge in [-0.05, 0) is 41.5 Å². The highest BCUT2D eigenvalue weighted by Gasteiger charge is 2.21. The van der Waals surface area contributed by atoms with Gasteiger partial charge in [-0.15, -0.1) is 0 Å². The molecule has 0 aliphatic carbocycles. The molecule has 0 atom stereocenters. The van der Waals surface area contributed by atoms with Crippen molar-refractivity contribution in [3.63, 3.8) is 0 Å². The Morgan fingerprint density at radius 2 is 1.72 bits per heavy atom. The Morgan fingerprint density at radius 3 is 2.39 bits per heavy atom. The molecule has 2 aromatic carbocycles. The van der Waals surface area contributed by atoms with Gasteiger partial charge < -0.3 is 25.4 Å². The van der Waals surface area contributed by atoms with Crippen LogP contribution in [0.3, 0.4) is 0 Å². The number of morpholine rings is 1. The van der Waals surface area contributed by atoms with Crippen molar-refractivity contribution in [1.82, 2.24) is 15.3 Å². The second kappa shape index (κ2) is 11.3. The molecular formula is C24H26FN5O5S. The van der Waals surface area contributed by atoms with Gasteiger partial charge in [0.2, 0.25) is 5.95 Å². The van der Waals surface area contributed by atoms with Gasteiger partial charge in [-0.1, -0.05) is 12.1 Å². The van der Waals surface area contributed by atoms with E-state index in [0.29, 0.717) is 55.5 Å². The molecule has 3 N–H and O–H groups in total. The number of ether oxygens (including phenoxy) is 1. The summed E-state index contributed by atoms with van der Waals surface area (Å²) in [6, 6.07) is 10.5. The molecule has 36 heavy (non-hydrogen) atoms. The number of hydrogen-bond donors (Lipinski definition) is 3. The smallest absolute Gasteiger partial charge is 0.404 e. The minimum Gasteiger partial charge on any atom is -0.465 e. The second-order valence-corrected chi connectivity index (χ2v) is 10.1. The van der Waals surface area contributed by atoms with Crippen molar-refractivity contribution < 1.29 is 27.4 Å². The van der Waals surface area contributed by atoms with Crippen LogP contribution >= 0.6 is 0 Å². The van der Waals surface area contributed by atoms with Gasteiger partial charge in [0.05, 0.1) is 23.9 Å². The third-order valence-corrected chi connectivity index (χ3v) is 7.23. The summed E-state index contributed by atoms with van der Waals surface area (Å²) in [5.74, 6) is -0.369. The highest BCUT2D eigenvalue weighted by molar-refractivity contribution is 7.90. The van der Waals surface area contributed by atoms with Crippen LogP contribution < -0.4 is 15.5 Å². The number of aromatic nitrogens is 2. The predicted octanol–water partition coefficient (Wildman–Crippen LogP) is 2.77. The zero-order chi connectivity index (χ0) is 25.5. The zero-order valence-corrected chi connectivity index (χ0v) is 20.2. The second-order valence-electron chi connectivity index (χ2n) is 8.15. The topological polar surface area (TPSA) is 134 Å². The lowest BCUT2D eigenvalue weighted by Crippen LogP contribution is -2.36. The fourth-order valence-electron chi connectivity index (χ4n) is 3.73. The van der Waals surface area contributed by atoms with E-state index in [4.69, 9.17) is 9.84 Å².